The van der Waals surface area contributed by atoms with Crippen molar-refractivity contribution in [2.24, 2.45) is 4.99 Å². The van der Waals surface area contributed by atoms with Gasteiger partial charge in [0.15, 0.2) is 5.96 Å². The Morgan fingerprint density at radius 1 is 1.31 bits per heavy atom. The molecule has 0 amide bonds. The zero-order valence-corrected chi connectivity index (χ0v) is 17.2. The van der Waals surface area contributed by atoms with Crippen molar-refractivity contribution in [3.8, 4) is 0 Å². The number of rotatable bonds is 8. The third-order valence-electron chi connectivity index (χ3n) is 5.38. The second-order valence-electron chi connectivity index (χ2n) is 7.48. The molecule has 2 saturated heterocycles. The first kappa shape index (κ1) is 21.4. The van der Waals surface area contributed by atoms with Crippen LogP contribution < -0.4 is 10.6 Å². The molecule has 0 aromatic rings. The molecule has 2 atom stereocenters. The molecular formula is C19H39N5O2. The van der Waals surface area contributed by atoms with Crippen molar-refractivity contribution in [1.82, 2.24) is 20.4 Å². The van der Waals surface area contributed by atoms with Gasteiger partial charge < -0.3 is 25.0 Å². The van der Waals surface area contributed by atoms with Crippen molar-refractivity contribution in [2.45, 2.75) is 51.7 Å². The first-order chi connectivity index (χ1) is 12.6. The summed E-state index contributed by atoms with van der Waals surface area (Å²) in [5.74, 6) is 0.954. The van der Waals surface area contributed by atoms with Gasteiger partial charge in [-0.2, -0.15) is 0 Å². The SMILES string of the molecule is CCNC(=NCC(C)N1CCOCC1C)NC1CCN(CCOC)CC1. The van der Waals surface area contributed by atoms with Gasteiger partial charge in [0.05, 0.1) is 26.4 Å². The van der Waals surface area contributed by atoms with Gasteiger partial charge in [-0.05, 0) is 33.6 Å². The predicted molar refractivity (Wildman–Crippen MR) is 107 cm³/mol. The van der Waals surface area contributed by atoms with Gasteiger partial charge >= 0.3 is 0 Å². The molecule has 7 nitrogen and oxygen atoms in total. The number of morpholine rings is 1. The Balaban J connectivity index is 1.79. The number of piperidine rings is 1. The highest BCUT2D eigenvalue weighted by Crippen LogP contribution is 2.12. The number of nitrogens with zero attached hydrogens (tertiary/aromatic N) is 3. The Morgan fingerprint density at radius 2 is 2.08 bits per heavy atom. The molecular weight excluding hydrogens is 330 g/mol. The van der Waals surface area contributed by atoms with E-state index in [0.717, 1.165) is 77.9 Å². The molecule has 152 valence electrons. The highest BCUT2D eigenvalue weighted by molar-refractivity contribution is 5.80. The van der Waals surface area contributed by atoms with E-state index in [0.29, 0.717) is 18.1 Å². The van der Waals surface area contributed by atoms with Crippen LogP contribution in [0.25, 0.3) is 0 Å². The summed E-state index contributed by atoms with van der Waals surface area (Å²) in [6, 6.07) is 1.41. The summed E-state index contributed by atoms with van der Waals surface area (Å²) in [7, 11) is 1.77. The van der Waals surface area contributed by atoms with Crippen molar-refractivity contribution in [3.05, 3.63) is 0 Å². The van der Waals surface area contributed by atoms with Gasteiger partial charge in [-0.3, -0.25) is 9.89 Å². The Hall–Kier alpha value is -0.890. The van der Waals surface area contributed by atoms with Gasteiger partial charge in [-0.25, -0.2) is 0 Å². The number of ether oxygens (including phenoxy) is 2. The van der Waals surface area contributed by atoms with Crippen molar-refractivity contribution < 1.29 is 9.47 Å². The molecule has 7 heteroatoms. The number of methoxy groups -OCH3 is 1. The Labute approximate surface area is 159 Å². The van der Waals surface area contributed by atoms with Crippen molar-refractivity contribution >= 4 is 5.96 Å². The van der Waals surface area contributed by atoms with Gasteiger partial charge in [-0.15, -0.1) is 0 Å². The van der Waals surface area contributed by atoms with E-state index in [1.54, 1.807) is 7.11 Å². The van der Waals surface area contributed by atoms with Crippen LogP contribution in [0, 0.1) is 0 Å². The zero-order valence-electron chi connectivity index (χ0n) is 17.2. The number of likely N-dealkylation sites (tertiary alicyclic amines) is 1. The maximum absolute atomic E-state index is 5.55. The fraction of sp³-hybridized carbons (Fsp3) is 0.947. The lowest BCUT2D eigenvalue weighted by molar-refractivity contribution is -0.0166. The molecule has 2 rings (SSSR count). The molecule has 0 saturated carbocycles. The smallest absolute Gasteiger partial charge is 0.191 e. The number of hydrogen-bond donors (Lipinski definition) is 2. The highest BCUT2D eigenvalue weighted by atomic mass is 16.5. The van der Waals surface area contributed by atoms with Crippen molar-refractivity contribution in [3.63, 3.8) is 0 Å². The van der Waals surface area contributed by atoms with Crippen LogP contribution in [0.5, 0.6) is 0 Å². The average molecular weight is 370 g/mol. The van der Waals surface area contributed by atoms with Gasteiger partial charge in [0, 0.05) is 58.0 Å². The summed E-state index contributed by atoms with van der Waals surface area (Å²) in [5.41, 5.74) is 0. The summed E-state index contributed by atoms with van der Waals surface area (Å²) in [6.45, 7) is 15.1. The molecule has 26 heavy (non-hydrogen) atoms. The fourth-order valence-corrected chi connectivity index (χ4v) is 3.76. The van der Waals surface area contributed by atoms with Crippen LogP contribution in [0.1, 0.15) is 33.6 Å². The van der Waals surface area contributed by atoms with Crippen LogP contribution in [-0.2, 0) is 9.47 Å². The normalized spacial score (nSPS) is 25.2. The Kier molecular flexibility index (Phi) is 9.67. The molecule has 2 aliphatic rings. The summed E-state index contributed by atoms with van der Waals surface area (Å²) in [6.07, 6.45) is 2.31. The lowest BCUT2D eigenvalue weighted by Gasteiger charge is -2.37. The van der Waals surface area contributed by atoms with E-state index in [9.17, 15) is 0 Å². The second-order valence-corrected chi connectivity index (χ2v) is 7.48. The van der Waals surface area contributed by atoms with Gasteiger partial charge in [0.2, 0.25) is 0 Å². The van der Waals surface area contributed by atoms with Crippen molar-refractivity contribution in [2.75, 3.05) is 66.2 Å². The highest BCUT2D eigenvalue weighted by Gasteiger charge is 2.24. The standard InChI is InChI=1S/C19H39N5O2/c1-5-20-19(21-14-16(2)24-11-13-26-15-17(24)3)22-18-6-8-23(9-7-18)10-12-25-4/h16-18H,5-15H2,1-4H3,(H2,20,21,22). The van der Waals surface area contributed by atoms with E-state index in [-0.39, 0.29) is 0 Å². The first-order valence-electron chi connectivity index (χ1n) is 10.2. The summed E-state index contributed by atoms with van der Waals surface area (Å²) in [5, 5.41) is 7.05. The molecule has 0 spiro atoms. The van der Waals surface area contributed by atoms with Gasteiger partial charge in [0.25, 0.3) is 0 Å². The summed E-state index contributed by atoms with van der Waals surface area (Å²) >= 11 is 0. The minimum Gasteiger partial charge on any atom is -0.383 e. The minimum absolute atomic E-state index is 0.431. The van der Waals surface area contributed by atoms with Crippen LogP contribution in [-0.4, -0.2) is 100 Å². The molecule has 2 N–H and O–H groups in total. The van der Waals surface area contributed by atoms with Crippen LogP contribution in [0.4, 0.5) is 0 Å². The van der Waals surface area contributed by atoms with E-state index in [1.165, 1.54) is 0 Å². The summed E-state index contributed by atoms with van der Waals surface area (Å²) in [4.78, 5) is 9.85. The maximum Gasteiger partial charge on any atom is 0.191 e. The lowest BCUT2D eigenvalue weighted by Crippen LogP contribution is -2.51. The fourth-order valence-electron chi connectivity index (χ4n) is 3.76. The number of hydrogen-bond acceptors (Lipinski definition) is 5. The first-order valence-corrected chi connectivity index (χ1v) is 10.2. The van der Waals surface area contributed by atoms with E-state index in [1.807, 2.05) is 0 Å². The number of nitrogens with one attached hydrogen (secondary N) is 2. The Morgan fingerprint density at radius 3 is 2.73 bits per heavy atom. The largest absolute Gasteiger partial charge is 0.383 e. The third-order valence-corrected chi connectivity index (χ3v) is 5.38. The summed E-state index contributed by atoms with van der Waals surface area (Å²) < 4.78 is 10.7. The van der Waals surface area contributed by atoms with E-state index >= 15 is 0 Å². The molecule has 0 radical (unpaired) electrons. The molecule has 2 aliphatic heterocycles. The predicted octanol–water partition coefficient (Wildman–Crippen LogP) is 0.762. The molecule has 2 unspecified atom stereocenters. The maximum atomic E-state index is 5.55. The molecule has 2 heterocycles. The van der Waals surface area contributed by atoms with Gasteiger partial charge in [0.1, 0.15) is 0 Å². The average Bonchev–Trinajstić information content (AvgIpc) is 2.66. The number of aliphatic imine (C=N–C) groups is 1. The van der Waals surface area contributed by atoms with Crippen LogP contribution in [0.15, 0.2) is 4.99 Å². The van der Waals surface area contributed by atoms with Crippen LogP contribution in [0.3, 0.4) is 0 Å². The third kappa shape index (κ3) is 7.02. The minimum atomic E-state index is 0.431. The number of guanidine groups is 1. The molecule has 0 aromatic heterocycles. The quantitative estimate of drug-likeness (QED) is 0.487. The van der Waals surface area contributed by atoms with Crippen molar-refractivity contribution in [1.29, 1.82) is 0 Å². The lowest BCUT2D eigenvalue weighted by atomic mass is 10.1. The zero-order chi connectivity index (χ0) is 18.8. The van der Waals surface area contributed by atoms with E-state index < -0.39 is 0 Å². The molecule has 2 fully saturated rings. The topological polar surface area (TPSA) is 61.4 Å². The molecule has 0 aromatic carbocycles. The molecule has 0 bridgehead atoms. The van der Waals surface area contributed by atoms with Crippen LogP contribution >= 0.6 is 0 Å². The molecule has 0 aliphatic carbocycles. The van der Waals surface area contributed by atoms with Crippen LogP contribution in [0.2, 0.25) is 0 Å². The Bertz CT molecular complexity index is 413. The second kappa shape index (κ2) is 11.7. The van der Waals surface area contributed by atoms with E-state index in [2.05, 4.69) is 41.2 Å². The van der Waals surface area contributed by atoms with Gasteiger partial charge in [-0.1, -0.05) is 0 Å². The monoisotopic (exact) mass is 369 g/mol. The van der Waals surface area contributed by atoms with E-state index in [4.69, 9.17) is 14.5 Å².